The molecule has 4 aromatic rings. The Morgan fingerprint density at radius 2 is 1.86 bits per heavy atom. The van der Waals surface area contributed by atoms with E-state index in [0.717, 1.165) is 34.7 Å². The van der Waals surface area contributed by atoms with Crippen LogP contribution in [0.15, 0.2) is 41.6 Å². The molecule has 36 heavy (non-hydrogen) atoms. The van der Waals surface area contributed by atoms with Gasteiger partial charge in [-0.05, 0) is 31.5 Å². The normalized spacial score (nSPS) is 13.9. The van der Waals surface area contributed by atoms with Crippen LogP contribution in [0.25, 0.3) is 16.8 Å². The Bertz CT molecular complexity index is 1550. The second-order valence-corrected chi connectivity index (χ2v) is 8.55. The molecule has 0 atom stereocenters. The number of pyridine rings is 2. The second kappa shape index (κ2) is 8.61. The van der Waals surface area contributed by atoms with Crippen LogP contribution in [0.4, 0.5) is 27.8 Å². The number of halogens is 5. The van der Waals surface area contributed by atoms with Gasteiger partial charge in [0.05, 0.1) is 5.56 Å². The van der Waals surface area contributed by atoms with Crippen molar-refractivity contribution < 1.29 is 22.0 Å². The zero-order valence-corrected chi connectivity index (χ0v) is 19.1. The summed E-state index contributed by atoms with van der Waals surface area (Å²) in [6.45, 7) is 4.22. The van der Waals surface area contributed by atoms with Gasteiger partial charge in [0, 0.05) is 72.1 Å². The number of hydrogen-bond acceptors (Lipinski definition) is 6. The molecule has 7 nitrogen and oxygen atoms in total. The van der Waals surface area contributed by atoms with Gasteiger partial charge in [-0.3, -0.25) is 14.8 Å². The molecule has 5 rings (SSSR count). The average Bonchev–Trinajstić information content (AvgIpc) is 2.85. The molecule has 0 bridgehead atoms. The van der Waals surface area contributed by atoms with E-state index in [-0.39, 0.29) is 23.3 Å². The third-order valence-electron chi connectivity index (χ3n) is 6.34. The van der Waals surface area contributed by atoms with Crippen LogP contribution in [0.2, 0.25) is 0 Å². The number of fused-ring (bicyclic) bond motifs is 2. The minimum absolute atomic E-state index is 0.0525. The lowest BCUT2D eigenvalue weighted by molar-refractivity contribution is -0.137. The highest BCUT2D eigenvalue weighted by Gasteiger charge is 2.34. The van der Waals surface area contributed by atoms with Crippen molar-refractivity contribution in [3.05, 3.63) is 80.8 Å². The van der Waals surface area contributed by atoms with Crippen molar-refractivity contribution in [3.8, 4) is 11.1 Å². The van der Waals surface area contributed by atoms with E-state index in [2.05, 4.69) is 20.1 Å². The van der Waals surface area contributed by atoms with Crippen molar-refractivity contribution in [3.63, 3.8) is 0 Å². The third-order valence-corrected chi connectivity index (χ3v) is 6.34. The highest BCUT2D eigenvalue weighted by Crippen LogP contribution is 2.37. The van der Waals surface area contributed by atoms with E-state index < -0.39 is 29.4 Å². The summed E-state index contributed by atoms with van der Waals surface area (Å²) in [6, 6.07) is 3.35. The number of alkyl halides is 5. The average molecular weight is 502 g/mol. The van der Waals surface area contributed by atoms with E-state index in [1.54, 1.807) is 19.9 Å². The van der Waals surface area contributed by atoms with E-state index in [0.29, 0.717) is 35.5 Å². The van der Waals surface area contributed by atoms with E-state index in [1.807, 2.05) is 4.90 Å². The van der Waals surface area contributed by atoms with Gasteiger partial charge in [-0.2, -0.15) is 17.7 Å². The fourth-order valence-corrected chi connectivity index (χ4v) is 4.38. The molecule has 0 saturated carbocycles. The summed E-state index contributed by atoms with van der Waals surface area (Å²) < 4.78 is 67.9. The maximum atomic E-state index is 13.5. The van der Waals surface area contributed by atoms with Crippen molar-refractivity contribution in [1.82, 2.24) is 24.6 Å². The molecule has 0 spiro atoms. The van der Waals surface area contributed by atoms with Crippen LogP contribution in [0, 0.1) is 13.8 Å². The number of rotatable bonds is 3. The standard InChI is InChI=1S/C24H19F5N6O/c1-12-13(2)23(33-35-20(36)8-19(21(25)26)32-22(12)35)34-6-4-18-15(11-34)7-14(9-31-18)16-10-30-5-3-17(16)24(27,28)29/h3,5,7-10,21H,4,6,11H2,1-2H3. The first-order valence-electron chi connectivity index (χ1n) is 11.0. The zero-order chi connectivity index (χ0) is 25.8. The molecule has 1 aliphatic heterocycles. The fourth-order valence-electron chi connectivity index (χ4n) is 4.38. The Balaban J connectivity index is 1.56. The van der Waals surface area contributed by atoms with Gasteiger partial charge in [0.1, 0.15) is 5.69 Å². The maximum Gasteiger partial charge on any atom is 0.417 e. The van der Waals surface area contributed by atoms with Gasteiger partial charge >= 0.3 is 6.18 Å². The van der Waals surface area contributed by atoms with Gasteiger partial charge in [0.2, 0.25) is 0 Å². The van der Waals surface area contributed by atoms with Crippen molar-refractivity contribution >= 4 is 11.5 Å². The van der Waals surface area contributed by atoms with Crippen LogP contribution >= 0.6 is 0 Å². The molecule has 0 aromatic carbocycles. The quantitative estimate of drug-likeness (QED) is 0.379. The Morgan fingerprint density at radius 3 is 2.58 bits per heavy atom. The van der Waals surface area contributed by atoms with Crippen molar-refractivity contribution in [2.75, 3.05) is 11.4 Å². The van der Waals surface area contributed by atoms with E-state index in [1.165, 1.54) is 6.20 Å². The Labute approximate surface area is 201 Å². The number of aryl methyl sites for hydroxylation is 1. The maximum absolute atomic E-state index is 13.5. The first-order chi connectivity index (χ1) is 17.0. The van der Waals surface area contributed by atoms with Crippen LogP contribution < -0.4 is 10.5 Å². The molecule has 0 fully saturated rings. The van der Waals surface area contributed by atoms with E-state index in [9.17, 15) is 26.7 Å². The molecule has 0 saturated heterocycles. The van der Waals surface area contributed by atoms with Crippen LogP contribution in [-0.4, -0.2) is 31.1 Å². The first kappa shape index (κ1) is 23.8. The lowest BCUT2D eigenvalue weighted by Crippen LogP contribution is -2.34. The highest BCUT2D eigenvalue weighted by molar-refractivity contribution is 5.68. The summed E-state index contributed by atoms with van der Waals surface area (Å²) in [5.74, 6) is 0.460. The second-order valence-electron chi connectivity index (χ2n) is 8.55. The summed E-state index contributed by atoms with van der Waals surface area (Å²) >= 11 is 0. The Kier molecular flexibility index (Phi) is 5.68. The number of nitrogens with zero attached hydrogens (tertiary/aromatic N) is 6. The molecule has 0 unspecified atom stereocenters. The molecule has 186 valence electrons. The molecule has 0 N–H and O–H groups in total. The fraction of sp³-hybridized carbons (Fsp3) is 0.292. The molecular weight excluding hydrogens is 483 g/mol. The van der Waals surface area contributed by atoms with Crippen LogP contribution in [0.1, 0.15) is 40.1 Å². The number of hydrogen-bond donors (Lipinski definition) is 0. The summed E-state index contributed by atoms with van der Waals surface area (Å²) in [7, 11) is 0. The summed E-state index contributed by atoms with van der Waals surface area (Å²) in [5, 5.41) is 4.40. The lowest BCUT2D eigenvalue weighted by atomic mass is 9.98. The smallest absolute Gasteiger partial charge is 0.350 e. The van der Waals surface area contributed by atoms with Crippen molar-refractivity contribution in [1.29, 1.82) is 0 Å². The Morgan fingerprint density at radius 1 is 1.08 bits per heavy atom. The van der Waals surface area contributed by atoms with Gasteiger partial charge in [-0.15, -0.1) is 5.10 Å². The van der Waals surface area contributed by atoms with Gasteiger partial charge in [0.15, 0.2) is 11.5 Å². The van der Waals surface area contributed by atoms with Gasteiger partial charge in [-0.1, -0.05) is 0 Å². The van der Waals surface area contributed by atoms with Crippen LogP contribution in [0.3, 0.4) is 0 Å². The largest absolute Gasteiger partial charge is 0.417 e. The minimum Gasteiger partial charge on any atom is -0.350 e. The predicted molar refractivity (Wildman–Crippen MR) is 121 cm³/mol. The molecule has 0 radical (unpaired) electrons. The van der Waals surface area contributed by atoms with E-state index >= 15 is 0 Å². The molecule has 1 aliphatic rings. The SMILES string of the molecule is Cc1c(N2CCc3ncc(-c4cnccc4C(F)(F)F)cc3C2)nn2c(=O)cc(C(F)F)nc2c1C. The van der Waals surface area contributed by atoms with Gasteiger partial charge in [0.25, 0.3) is 12.0 Å². The first-order valence-corrected chi connectivity index (χ1v) is 11.0. The van der Waals surface area contributed by atoms with E-state index in [4.69, 9.17) is 0 Å². The van der Waals surface area contributed by atoms with Crippen molar-refractivity contribution in [2.45, 2.75) is 39.4 Å². The van der Waals surface area contributed by atoms with Crippen LogP contribution in [-0.2, 0) is 19.1 Å². The van der Waals surface area contributed by atoms with Gasteiger partial charge < -0.3 is 4.90 Å². The highest BCUT2D eigenvalue weighted by atomic mass is 19.4. The molecule has 12 heteroatoms. The molecule has 0 aliphatic carbocycles. The van der Waals surface area contributed by atoms with Crippen molar-refractivity contribution in [2.24, 2.45) is 0 Å². The minimum atomic E-state index is -4.55. The molecule has 5 heterocycles. The molecule has 0 amide bonds. The third kappa shape index (κ3) is 4.06. The monoisotopic (exact) mass is 502 g/mol. The zero-order valence-electron chi connectivity index (χ0n) is 19.1. The molecular formula is C24H19F5N6O. The van der Waals surface area contributed by atoms with Crippen LogP contribution in [0.5, 0.6) is 0 Å². The topological polar surface area (TPSA) is 76.3 Å². The molecule has 4 aromatic heterocycles. The summed E-state index contributed by atoms with van der Waals surface area (Å²) in [5.41, 5.74) is 0.789. The Hall–Kier alpha value is -3.96. The summed E-state index contributed by atoms with van der Waals surface area (Å²) in [4.78, 5) is 26.6. The summed E-state index contributed by atoms with van der Waals surface area (Å²) in [6.07, 6.45) is -3.26. The number of anilines is 1. The predicted octanol–water partition coefficient (Wildman–Crippen LogP) is 4.68. The number of aromatic nitrogens is 5. The lowest BCUT2D eigenvalue weighted by Gasteiger charge is -2.31. The van der Waals surface area contributed by atoms with Gasteiger partial charge in [-0.25, -0.2) is 13.8 Å².